The molecule has 1 aliphatic heterocycles. The van der Waals surface area contributed by atoms with E-state index in [0.29, 0.717) is 12.2 Å². The summed E-state index contributed by atoms with van der Waals surface area (Å²) in [5.74, 6) is 0.357. The molecule has 3 rings (SSSR count). The molecule has 0 saturated carbocycles. The summed E-state index contributed by atoms with van der Waals surface area (Å²) in [6.45, 7) is 0.487. The summed E-state index contributed by atoms with van der Waals surface area (Å²) < 4.78 is 16.3. The van der Waals surface area contributed by atoms with Crippen LogP contribution in [0.25, 0.3) is 0 Å². The smallest absolute Gasteiger partial charge is 0.337 e. The minimum Gasteiger partial charge on any atom is -0.488 e. The lowest BCUT2D eigenvalue weighted by Gasteiger charge is -2.17. The second-order valence-electron chi connectivity index (χ2n) is 4.85. The zero-order valence-corrected chi connectivity index (χ0v) is 12.0. The summed E-state index contributed by atoms with van der Waals surface area (Å²) in [6.07, 6.45) is -0.261. The maximum atomic E-state index is 11.7. The molecule has 4 heteroatoms. The predicted molar refractivity (Wildman–Crippen MR) is 77.4 cm³/mol. The first kappa shape index (κ1) is 13.6. The van der Waals surface area contributed by atoms with Gasteiger partial charge < -0.3 is 14.2 Å². The van der Waals surface area contributed by atoms with Gasteiger partial charge in [0.15, 0.2) is 0 Å². The minimum absolute atomic E-state index is 0.261. The first-order valence-electron chi connectivity index (χ1n) is 6.70. The summed E-state index contributed by atoms with van der Waals surface area (Å²) in [6, 6.07) is 13.3. The van der Waals surface area contributed by atoms with Crippen LogP contribution in [0.3, 0.4) is 0 Å². The molecule has 2 aromatic carbocycles. The molecule has 0 N–H and O–H groups in total. The van der Waals surface area contributed by atoms with Gasteiger partial charge in [-0.3, -0.25) is 0 Å². The van der Waals surface area contributed by atoms with Crippen LogP contribution in [0.15, 0.2) is 42.5 Å². The highest BCUT2D eigenvalue weighted by atomic mass is 16.5. The molecule has 1 atom stereocenters. The van der Waals surface area contributed by atoms with Crippen molar-refractivity contribution in [2.45, 2.75) is 12.7 Å². The second kappa shape index (κ2) is 5.58. The third kappa shape index (κ3) is 2.38. The fraction of sp³-hybridized carbons (Fsp3) is 0.235. The minimum atomic E-state index is -0.370. The molecular formula is C17H16O4. The predicted octanol–water partition coefficient (Wildman–Crippen LogP) is 3.10. The van der Waals surface area contributed by atoms with Gasteiger partial charge in [-0.25, -0.2) is 4.79 Å². The van der Waals surface area contributed by atoms with Gasteiger partial charge in [-0.1, -0.05) is 24.3 Å². The Hall–Kier alpha value is -2.33. The van der Waals surface area contributed by atoms with Crippen molar-refractivity contribution in [3.05, 3.63) is 64.7 Å². The zero-order chi connectivity index (χ0) is 14.8. The van der Waals surface area contributed by atoms with Crippen molar-refractivity contribution in [3.63, 3.8) is 0 Å². The van der Waals surface area contributed by atoms with E-state index < -0.39 is 0 Å². The molecule has 4 nitrogen and oxygen atoms in total. The highest BCUT2D eigenvalue weighted by Crippen LogP contribution is 2.38. The van der Waals surface area contributed by atoms with Gasteiger partial charge in [0.25, 0.3) is 0 Å². The zero-order valence-electron chi connectivity index (χ0n) is 12.0. The third-order valence-corrected chi connectivity index (χ3v) is 3.67. The quantitative estimate of drug-likeness (QED) is 0.795. The van der Waals surface area contributed by atoms with E-state index in [9.17, 15) is 4.79 Å². The average molecular weight is 284 g/mol. The number of rotatable bonds is 2. The third-order valence-electron chi connectivity index (χ3n) is 3.67. The molecule has 0 amide bonds. The molecule has 1 heterocycles. The first-order chi connectivity index (χ1) is 10.2. The van der Waals surface area contributed by atoms with Crippen LogP contribution in [0.5, 0.6) is 5.75 Å². The lowest BCUT2D eigenvalue weighted by Crippen LogP contribution is -2.07. The molecule has 0 spiro atoms. The van der Waals surface area contributed by atoms with Crippen molar-refractivity contribution in [1.29, 1.82) is 0 Å². The van der Waals surface area contributed by atoms with Crippen molar-refractivity contribution in [2.24, 2.45) is 0 Å². The highest BCUT2D eigenvalue weighted by molar-refractivity contribution is 5.89. The maximum absolute atomic E-state index is 11.7. The van der Waals surface area contributed by atoms with Crippen LogP contribution < -0.4 is 4.74 Å². The lowest BCUT2D eigenvalue weighted by atomic mass is 9.96. The number of esters is 1. The van der Waals surface area contributed by atoms with Gasteiger partial charge in [-0.05, 0) is 29.3 Å². The average Bonchev–Trinajstić information content (AvgIpc) is 2.69. The Kier molecular flexibility index (Phi) is 3.62. The Morgan fingerprint density at radius 2 is 1.95 bits per heavy atom. The van der Waals surface area contributed by atoms with Gasteiger partial charge in [0.1, 0.15) is 18.5 Å². The highest BCUT2D eigenvalue weighted by Gasteiger charge is 2.25. The molecule has 21 heavy (non-hydrogen) atoms. The number of methoxy groups -OCH3 is 2. The van der Waals surface area contributed by atoms with Crippen LogP contribution in [0, 0.1) is 0 Å². The molecule has 0 saturated heterocycles. The Morgan fingerprint density at radius 3 is 2.71 bits per heavy atom. The monoisotopic (exact) mass is 284 g/mol. The number of hydrogen-bond donors (Lipinski definition) is 0. The molecule has 2 aromatic rings. The Labute approximate surface area is 123 Å². The standard InChI is InChI=1S/C17H16O4/c1-19-16-13-6-4-3-5-12(13)10-21-15-8-7-11(9-14(15)16)17(18)20-2/h3-9,16H,10H2,1-2H3/t16-/m0/s1. The van der Waals surface area contributed by atoms with E-state index in [-0.39, 0.29) is 12.1 Å². The summed E-state index contributed by atoms with van der Waals surface area (Å²) >= 11 is 0. The topological polar surface area (TPSA) is 44.8 Å². The molecule has 1 aliphatic rings. The van der Waals surface area contributed by atoms with E-state index in [0.717, 1.165) is 22.4 Å². The molecular weight excluding hydrogens is 268 g/mol. The number of ether oxygens (including phenoxy) is 3. The first-order valence-corrected chi connectivity index (χ1v) is 6.70. The van der Waals surface area contributed by atoms with Crippen molar-refractivity contribution < 1.29 is 19.0 Å². The summed E-state index contributed by atoms with van der Waals surface area (Å²) in [4.78, 5) is 11.7. The summed E-state index contributed by atoms with van der Waals surface area (Å²) in [5.41, 5.74) is 3.47. The Bertz CT molecular complexity index is 678. The van der Waals surface area contributed by atoms with E-state index in [1.165, 1.54) is 7.11 Å². The van der Waals surface area contributed by atoms with Crippen LogP contribution in [0.2, 0.25) is 0 Å². The van der Waals surface area contributed by atoms with E-state index in [2.05, 4.69) is 0 Å². The Morgan fingerprint density at radius 1 is 1.14 bits per heavy atom. The van der Waals surface area contributed by atoms with Gasteiger partial charge in [-0.2, -0.15) is 0 Å². The number of hydrogen-bond acceptors (Lipinski definition) is 4. The van der Waals surface area contributed by atoms with Crippen LogP contribution in [0.1, 0.15) is 33.2 Å². The van der Waals surface area contributed by atoms with Gasteiger partial charge >= 0.3 is 5.97 Å². The number of benzene rings is 2. The van der Waals surface area contributed by atoms with Gasteiger partial charge in [0.2, 0.25) is 0 Å². The molecule has 0 fully saturated rings. The molecule has 108 valence electrons. The van der Waals surface area contributed by atoms with E-state index in [4.69, 9.17) is 14.2 Å². The van der Waals surface area contributed by atoms with Crippen molar-refractivity contribution in [1.82, 2.24) is 0 Å². The van der Waals surface area contributed by atoms with Crippen molar-refractivity contribution in [2.75, 3.05) is 14.2 Å². The van der Waals surface area contributed by atoms with Gasteiger partial charge in [0, 0.05) is 12.7 Å². The van der Waals surface area contributed by atoms with Crippen molar-refractivity contribution >= 4 is 5.97 Å². The summed E-state index contributed by atoms with van der Waals surface area (Å²) in [5, 5.41) is 0. The van der Waals surface area contributed by atoms with Crippen molar-refractivity contribution in [3.8, 4) is 5.75 Å². The van der Waals surface area contributed by atoms with E-state index in [1.807, 2.05) is 24.3 Å². The summed E-state index contributed by atoms with van der Waals surface area (Å²) in [7, 11) is 3.02. The molecule has 0 aromatic heterocycles. The van der Waals surface area contributed by atoms with Crippen LogP contribution in [-0.2, 0) is 16.1 Å². The fourth-order valence-corrected chi connectivity index (χ4v) is 2.63. The maximum Gasteiger partial charge on any atom is 0.337 e. The SMILES string of the molecule is COC(=O)c1ccc2c(c1)[C@@H](OC)c1ccccc1CO2. The number of fused-ring (bicyclic) bond motifs is 2. The van der Waals surface area contributed by atoms with Crippen LogP contribution in [-0.4, -0.2) is 20.2 Å². The van der Waals surface area contributed by atoms with E-state index in [1.54, 1.807) is 25.3 Å². The Balaban J connectivity index is 2.14. The second-order valence-corrected chi connectivity index (χ2v) is 4.85. The molecule has 0 aliphatic carbocycles. The normalized spacial score (nSPS) is 16.2. The lowest BCUT2D eigenvalue weighted by molar-refractivity contribution is 0.0600. The molecule has 0 bridgehead atoms. The largest absolute Gasteiger partial charge is 0.488 e. The van der Waals surface area contributed by atoms with E-state index >= 15 is 0 Å². The van der Waals surface area contributed by atoms with Crippen LogP contribution >= 0.6 is 0 Å². The number of carbonyl (C=O) groups excluding carboxylic acids is 1. The van der Waals surface area contributed by atoms with Gasteiger partial charge in [0.05, 0.1) is 12.7 Å². The number of carbonyl (C=O) groups is 1. The van der Waals surface area contributed by atoms with Gasteiger partial charge in [-0.15, -0.1) is 0 Å². The van der Waals surface area contributed by atoms with Crippen LogP contribution in [0.4, 0.5) is 0 Å². The fourth-order valence-electron chi connectivity index (χ4n) is 2.63. The molecule has 0 unspecified atom stereocenters. The molecule has 0 radical (unpaired) electrons.